The third-order valence-electron chi connectivity index (χ3n) is 2.46. The summed E-state index contributed by atoms with van der Waals surface area (Å²) in [5.41, 5.74) is 1.01. The van der Waals surface area contributed by atoms with Crippen LogP contribution >= 0.6 is 0 Å². The average molecular weight is 233 g/mol. The van der Waals surface area contributed by atoms with Crippen molar-refractivity contribution in [3.63, 3.8) is 0 Å². The summed E-state index contributed by atoms with van der Waals surface area (Å²) in [6.07, 6.45) is 3.47. The van der Waals surface area contributed by atoms with Gasteiger partial charge in [-0.15, -0.1) is 0 Å². The summed E-state index contributed by atoms with van der Waals surface area (Å²) in [6, 6.07) is 5.51. The fraction of sp³-hybridized carbons (Fsp3) is 0.333. The van der Waals surface area contributed by atoms with Crippen LogP contribution in [0.5, 0.6) is 0 Å². The van der Waals surface area contributed by atoms with Crippen molar-refractivity contribution >= 4 is 11.7 Å². The van der Waals surface area contributed by atoms with E-state index in [0.717, 1.165) is 17.9 Å². The smallest absolute Gasteiger partial charge is 0.226 e. The van der Waals surface area contributed by atoms with Crippen LogP contribution in [0.4, 0.5) is 5.82 Å². The molecule has 0 aliphatic rings. The molecule has 5 nitrogen and oxygen atoms in total. The van der Waals surface area contributed by atoms with Crippen LogP contribution in [0, 0.1) is 0 Å². The Morgan fingerprint density at radius 2 is 2.47 bits per heavy atom. The number of aryl methyl sites for hydroxylation is 2. The molecule has 0 aromatic carbocycles. The molecule has 2 N–H and O–H groups in total. The van der Waals surface area contributed by atoms with E-state index >= 15 is 0 Å². The Morgan fingerprint density at radius 1 is 1.59 bits per heavy atom. The van der Waals surface area contributed by atoms with Crippen LogP contribution < -0.4 is 5.32 Å². The molecule has 0 fully saturated rings. The Bertz CT molecular complexity index is 474. The summed E-state index contributed by atoms with van der Waals surface area (Å²) in [7, 11) is 0. The van der Waals surface area contributed by atoms with Gasteiger partial charge in [0.15, 0.2) is 5.82 Å². The van der Waals surface area contributed by atoms with Crippen LogP contribution in [-0.2, 0) is 17.6 Å². The second-order valence-corrected chi connectivity index (χ2v) is 3.76. The quantitative estimate of drug-likeness (QED) is 0.831. The first-order chi connectivity index (χ1) is 8.28. The molecule has 0 saturated carbocycles. The van der Waals surface area contributed by atoms with E-state index in [2.05, 4.69) is 15.5 Å². The van der Waals surface area contributed by atoms with Crippen molar-refractivity contribution in [3.05, 3.63) is 35.9 Å². The van der Waals surface area contributed by atoms with E-state index in [4.69, 9.17) is 4.42 Å². The SMILES string of the molecule is CCc1cc(NC(=O)CCc2ccco2)n[nH]1. The number of amides is 1. The van der Waals surface area contributed by atoms with Crippen LogP contribution in [0.2, 0.25) is 0 Å². The molecule has 2 aromatic rings. The van der Waals surface area contributed by atoms with Crippen molar-refractivity contribution in [2.75, 3.05) is 5.32 Å². The molecule has 0 spiro atoms. The molecule has 0 aliphatic heterocycles. The van der Waals surface area contributed by atoms with Crippen LogP contribution in [0.1, 0.15) is 24.8 Å². The zero-order valence-electron chi connectivity index (χ0n) is 9.69. The number of furan rings is 1. The van der Waals surface area contributed by atoms with Gasteiger partial charge in [0.2, 0.25) is 5.91 Å². The van der Waals surface area contributed by atoms with Gasteiger partial charge in [-0.1, -0.05) is 6.92 Å². The van der Waals surface area contributed by atoms with Crippen molar-refractivity contribution in [2.45, 2.75) is 26.2 Å². The third kappa shape index (κ3) is 3.21. The van der Waals surface area contributed by atoms with E-state index < -0.39 is 0 Å². The number of hydrogen-bond acceptors (Lipinski definition) is 3. The van der Waals surface area contributed by atoms with Crippen molar-refractivity contribution in [3.8, 4) is 0 Å². The van der Waals surface area contributed by atoms with Gasteiger partial charge in [0.05, 0.1) is 6.26 Å². The molecule has 0 saturated heterocycles. The molecule has 2 rings (SSSR count). The van der Waals surface area contributed by atoms with Gasteiger partial charge in [-0.2, -0.15) is 5.10 Å². The molecule has 2 aromatic heterocycles. The van der Waals surface area contributed by atoms with Crippen molar-refractivity contribution in [2.24, 2.45) is 0 Å². The second-order valence-electron chi connectivity index (χ2n) is 3.76. The summed E-state index contributed by atoms with van der Waals surface area (Å²) in [5.74, 6) is 1.33. The van der Waals surface area contributed by atoms with Gasteiger partial charge < -0.3 is 9.73 Å². The van der Waals surface area contributed by atoms with Gasteiger partial charge in [0.1, 0.15) is 5.76 Å². The highest BCUT2D eigenvalue weighted by Gasteiger charge is 2.06. The highest BCUT2D eigenvalue weighted by molar-refractivity contribution is 5.89. The molecule has 2 heterocycles. The van der Waals surface area contributed by atoms with Crippen LogP contribution in [0.15, 0.2) is 28.9 Å². The second kappa shape index (κ2) is 5.34. The van der Waals surface area contributed by atoms with Crippen molar-refractivity contribution < 1.29 is 9.21 Å². The number of aromatic nitrogens is 2. The topological polar surface area (TPSA) is 70.9 Å². The third-order valence-corrected chi connectivity index (χ3v) is 2.46. The van der Waals surface area contributed by atoms with Crippen molar-refractivity contribution in [1.82, 2.24) is 10.2 Å². The maximum absolute atomic E-state index is 11.6. The number of carbonyl (C=O) groups is 1. The number of aromatic amines is 1. The number of nitrogens with one attached hydrogen (secondary N) is 2. The van der Waals surface area contributed by atoms with E-state index in [1.165, 1.54) is 0 Å². The normalized spacial score (nSPS) is 10.4. The molecule has 0 bridgehead atoms. The maximum Gasteiger partial charge on any atom is 0.226 e. The van der Waals surface area contributed by atoms with Gasteiger partial charge in [-0.25, -0.2) is 0 Å². The molecule has 1 amide bonds. The highest BCUT2D eigenvalue weighted by atomic mass is 16.3. The number of carbonyl (C=O) groups excluding carboxylic acids is 1. The first kappa shape index (κ1) is 11.4. The standard InChI is InChI=1S/C12H15N3O2/c1-2-9-8-11(15-14-9)13-12(16)6-5-10-4-3-7-17-10/h3-4,7-8H,2,5-6H2,1H3,(H2,13,14,15,16). The predicted octanol–water partition coefficient (Wildman–Crippen LogP) is 2.14. The Kier molecular flexibility index (Phi) is 3.59. The van der Waals surface area contributed by atoms with E-state index in [0.29, 0.717) is 18.7 Å². The van der Waals surface area contributed by atoms with Gasteiger partial charge in [0, 0.05) is 24.6 Å². The molecule has 90 valence electrons. The number of nitrogens with zero attached hydrogens (tertiary/aromatic N) is 1. The lowest BCUT2D eigenvalue weighted by Gasteiger charge is -1.99. The van der Waals surface area contributed by atoms with Gasteiger partial charge in [0.25, 0.3) is 0 Å². The van der Waals surface area contributed by atoms with Crippen LogP contribution in [0.25, 0.3) is 0 Å². The summed E-state index contributed by atoms with van der Waals surface area (Å²) in [5, 5.41) is 9.57. The first-order valence-corrected chi connectivity index (χ1v) is 5.64. The Labute approximate surface area is 99.2 Å². The van der Waals surface area contributed by atoms with E-state index in [1.54, 1.807) is 6.26 Å². The Morgan fingerprint density at radius 3 is 3.12 bits per heavy atom. The zero-order chi connectivity index (χ0) is 12.1. The molecule has 0 atom stereocenters. The molecular formula is C12H15N3O2. The number of hydrogen-bond donors (Lipinski definition) is 2. The summed E-state index contributed by atoms with van der Waals surface area (Å²) < 4.78 is 5.15. The predicted molar refractivity (Wildman–Crippen MR) is 63.6 cm³/mol. The molecule has 0 aliphatic carbocycles. The summed E-state index contributed by atoms with van der Waals surface area (Å²) in [4.78, 5) is 11.6. The van der Waals surface area contributed by atoms with Gasteiger partial charge in [-0.3, -0.25) is 9.89 Å². The maximum atomic E-state index is 11.6. The lowest BCUT2D eigenvalue weighted by Crippen LogP contribution is -2.12. The van der Waals surface area contributed by atoms with Gasteiger partial charge >= 0.3 is 0 Å². The van der Waals surface area contributed by atoms with Crippen LogP contribution in [-0.4, -0.2) is 16.1 Å². The minimum absolute atomic E-state index is 0.0597. The molecule has 17 heavy (non-hydrogen) atoms. The van der Waals surface area contributed by atoms with Gasteiger partial charge in [-0.05, 0) is 18.6 Å². The lowest BCUT2D eigenvalue weighted by molar-refractivity contribution is -0.116. The number of H-pyrrole nitrogens is 1. The van der Waals surface area contributed by atoms with E-state index in [1.807, 2.05) is 25.1 Å². The van der Waals surface area contributed by atoms with Crippen molar-refractivity contribution in [1.29, 1.82) is 0 Å². The molecule has 0 radical (unpaired) electrons. The fourth-order valence-electron chi connectivity index (χ4n) is 1.50. The first-order valence-electron chi connectivity index (χ1n) is 5.64. The fourth-order valence-corrected chi connectivity index (χ4v) is 1.50. The van der Waals surface area contributed by atoms with E-state index in [9.17, 15) is 4.79 Å². The highest BCUT2D eigenvalue weighted by Crippen LogP contribution is 2.08. The molecule has 0 unspecified atom stereocenters. The lowest BCUT2D eigenvalue weighted by atomic mass is 10.2. The largest absolute Gasteiger partial charge is 0.469 e. The van der Waals surface area contributed by atoms with E-state index in [-0.39, 0.29) is 5.91 Å². The minimum atomic E-state index is -0.0597. The zero-order valence-corrected chi connectivity index (χ0v) is 9.69. The summed E-state index contributed by atoms with van der Waals surface area (Å²) in [6.45, 7) is 2.02. The number of anilines is 1. The van der Waals surface area contributed by atoms with Crippen LogP contribution in [0.3, 0.4) is 0 Å². The summed E-state index contributed by atoms with van der Waals surface area (Å²) >= 11 is 0. The Hall–Kier alpha value is -2.04. The molecular weight excluding hydrogens is 218 g/mol. The Balaban J connectivity index is 1.81. The molecule has 5 heteroatoms. The number of rotatable bonds is 5. The minimum Gasteiger partial charge on any atom is -0.469 e. The average Bonchev–Trinajstić information content (AvgIpc) is 2.97. The monoisotopic (exact) mass is 233 g/mol.